The van der Waals surface area contributed by atoms with Crippen LogP contribution in [-0.2, 0) is 18.3 Å². The lowest BCUT2D eigenvalue weighted by Crippen LogP contribution is -2.23. The van der Waals surface area contributed by atoms with E-state index in [4.69, 9.17) is 0 Å². The van der Waals surface area contributed by atoms with Crippen molar-refractivity contribution in [3.05, 3.63) is 58.0 Å². The monoisotopic (exact) mass is 412 g/mol. The Kier molecular flexibility index (Phi) is 5.59. The Morgan fingerprint density at radius 2 is 2.04 bits per heavy atom. The number of thiophene rings is 1. The summed E-state index contributed by atoms with van der Waals surface area (Å²) >= 11 is 3.09. The fourth-order valence-electron chi connectivity index (χ4n) is 3.16. The van der Waals surface area contributed by atoms with E-state index in [-0.39, 0.29) is 11.7 Å². The smallest absolute Gasteiger partial charge is 0.227 e. The van der Waals surface area contributed by atoms with Crippen LogP contribution in [0.4, 0.5) is 5.69 Å². The van der Waals surface area contributed by atoms with E-state index in [1.165, 1.54) is 16.6 Å². The minimum absolute atomic E-state index is 0.0344. The maximum absolute atomic E-state index is 12.5. The largest absolute Gasteiger partial charge is 0.312 e. The van der Waals surface area contributed by atoms with Gasteiger partial charge in [0.15, 0.2) is 10.9 Å². The first-order chi connectivity index (χ1) is 13.6. The fourth-order valence-corrected chi connectivity index (χ4v) is 4.68. The van der Waals surface area contributed by atoms with Crippen molar-refractivity contribution >= 4 is 40.5 Å². The van der Waals surface area contributed by atoms with Crippen LogP contribution >= 0.6 is 23.1 Å². The minimum atomic E-state index is 0.0344. The van der Waals surface area contributed by atoms with Gasteiger partial charge in [0.1, 0.15) is 5.82 Å². The van der Waals surface area contributed by atoms with Gasteiger partial charge in [0.25, 0.3) is 0 Å². The van der Waals surface area contributed by atoms with Crippen LogP contribution in [0.15, 0.2) is 46.9 Å². The van der Waals surface area contributed by atoms with Crippen LogP contribution in [0.2, 0.25) is 0 Å². The summed E-state index contributed by atoms with van der Waals surface area (Å²) in [5.41, 5.74) is 1.50. The van der Waals surface area contributed by atoms with Gasteiger partial charge < -0.3 is 9.47 Å². The Bertz CT molecular complexity index is 980. The molecular weight excluding hydrogens is 392 g/mol. The van der Waals surface area contributed by atoms with Crippen LogP contribution < -0.4 is 4.90 Å². The Morgan fingerprint density at radius 3 is 2.71 bits per heavy atom. The van der Waals surface area contributed by atoms with Gasteiger partial charge in [-0.25, -0.2) is 0 Å². The van der Waals surface area contributed by atoms with Crippen molar-refractivity contribution in [2.45, 2.75) is 24.4 Å². The number of anilines is 1. The number of nitrogens with zero attached hydrogens (tertiary/aromatic N) is 4. The molecule has 0 aliphatic carbocycles. The highest BCUT2D eigenvalue weighted by atomic mass is 32.2. The lowest BCUT2D eigenvalue weighted by Gasteiger charge is -2.15. The van der Waals surface area contributed by atoms with E-state index in [0.29, 0.717) is 17.7 Å². The summed E-state index contributed by atoms with van der Waals surface area (Å²) in [5, 5.41) is 11.3. The quantitative estimate of drug-likeness (QED) is 0.438. The molecule has 28 heavy (non-hydrogen) atoms. The molecule has 1 aliphatic heterocycles. The molecule has 1 saturated heterocycles. The summed E-state index contributed by atoms with van der Waals surface area (Å²) in [4.78, 5) is 27.4. The molecule has 0 bridgehead atoms. The van der Waals surface area contributed by atoms with Crippen molar-refractivity contribution in [1.29, 1.82) is 0 Å². The van der Waals surface area contributed by atoms with E-state index >= 15 is 0 Å². The van der Waals surface area contributed by atoms with E-state index in [0.717, 1.165) is 36.1 Å². The summed E-state index contributed by atoms with van der Waals surface area (Å²) in [6.45, 7) is 0.752. The number of Topliss-reactive ketones (excluding diaryl/α,β-unsaturated/α-hetero) is 1. The standard InChI is InChI=1S/C20H20N4O2S2/c1-23-18(12-16-4-3-11-27-16)21-22-20(23)28-13-17(25)14-6-8-15(9-7-14)24-10-2-5-19(24)26/h3-4,6-9,11H,2,5,10,12-13H2,1H3. The maximum atomic E-state index is 12.5. The fraction of sp³-hybridized carbons (Fsp3) is 0.300. The lowest BCUT2D eigenvalue weighted by atomic mass is 10.1. The average molecular weight is 413 g/mol. The molecule has 6 nitrogen and oxygen atoms in total. The summed E-state index contributed by atoms with van der Waals surface area (Å²) in [7, 11) is 1.93. The third-order valence-electron chi connectivity index (χ3n) is 4.74. The molecule has 2 aromatic heterocycles. The number of ketones is 1. The highest BCUT2D eigenvalue weighted by Crippen LogP contribution is 2.23. The molecule has 0 atom stereocenters. The van der Waals surface area contributed by atoms with E-state index in [1.807, 2.05) is 35.2 Å². The van der Waals surface area contributed by atoms with Gasteiger partial charge in [0.2, 0.25) is 5.91 Å². The number of rotatable bonds is 7. The Balaban J connectivity index is 1.36. The molecule has 0 radical (unpaired) electrons. The number of carbonyl (C=O) groups is 2. The molecule has 3 aromatic rings. The van der Waals surface area contributed by atoms with Gasteiger partial charge in [-0.1, -0.05) is 17.8 Å². The number of aromatic nitrogens is 3. The number of carbonyl (C=O) groups excluding carboxylic acids is 2. The highest BCUT2D eigenvalue weighted by Gasteiger charge is 2.21. The van der Waals surface area contributed by atoms with Crippen molar-refractivity contribution in [1.82, 2.24) is 14.8 Å². The maximum Gasteiger partial charge on any atom is 0.227 e. The number of hydrogen-bond acceptors (Lipinski definition) is 6. The van der Waals surface area contributed by atoms with Gasteiger partial charge >= 0.3 is 0 Å². The summed E-state index contributed by atoms with van der Waals surface area (Å²) in [6, 6.07) is 11.4. The SMILES string of the molecule is Cn1c(Cc2cccs2)nnc1SCC(=O)c1ccc(N2CCCC2=O)cc1. The molecular formula is C20H20N4O2S2. The molecule has 1 fully saturated rings. The second-order valence-corrected chi connectivity index (χ2v) is 8.60. The number of benzene rings is 1. The predicted molar refractivity (Wildman–Crippen MR) is 111 cm³/mol. The molecule has 0 N–H and O–H groups in total. The van der Waals surface area contributed by atoms with Crippen molar-refractivity contribution in [3.8, 4) is 0 Å². The van der Waals surface area contributed by atoms with Gasteiger partial charge in [-0.05, 0) is 42.1 Å². The van der Waals surface area contributed by atoms with Crippen molar-refractivity contribution in [3.63, 3.8) is 0 Å². The zero-order valence-corrected chi connectivity index (χ0v) is 17.1. The molecule has 3 heterocycles. The van der Waals surface area contributed by atoms with E-state index < -0.39 is 0 Å². The molecule has 1 amide bonds. The van der Waals surface area contributed by atoms with Crippen LogP contribution in [0.3, 0.4) is 0 Å². The van der Waals surface area contributed by atoms with Crippen molar-refractivity contribution in [2.24, 2.45) is 7.05 Å². The van der Waals surface area contributed by atoms with Crippen LogP contribution in [0, 0.1) is 0 Å². The minimum Gasteiger partial charge on any atom is -0.312 e. The van der Waals surface area contributed by atoms with E-state index in [1.54, 1.807) is 28.4 Å². The first kappa shape index (κ1) is 18.9. The topological polar surface area (TPSA) is 68.1 Å². The predicted octanol–water partition coefficient (Wildman–Crippen LogP) is 3.57. The zero-order valence-electron chi connectivity index (χ0n) is 15.5. The first-order valence-corrected chi connectivity index (χ1v) is 11.0. The molecule has 0 saturated carbocycles. The van der Waals surface area contributed by atoms with Crippen molar-refractivity contribution in [2.75, 3.05) is 17.2 Å². The van der Waals surface area contributed by atoms with Gasteiger partial charge in [0.05, 0.1) is 5.75 Å². The molecule has 0 spiro atoms. The van der Waals surface area contributed by atoms with Gasteiger partial charge in [0, 0.05) is 42.6 Å². The molecule has 4 rings (SSSR count). The van der Waals surface area contributed by atoms with Crippen LogP contribution in [0.1, 0.15) is 33.9 Å². The zero-order chi connectivity index (χ0) is 19.5. The van der Waals surface area contributed by atoms with Gasteiger partial charge in [-0.3, -0.25) is 9.59 Å². The molecule has 144 valence electrons. The third kappa shape index (κ3) is 4.02. The van der Waals surface area contributed by atoms with E-state index in [9.17, 15) is 9.59 Å². The Morgan fingerprint density at radius 1 is 1.21 bits per heavy atom. The Labute approximate surface area is 171 Å². The Hall–Kier alpha value is -2.45. The number of hydrogen-bond donors (Lipinski definition) is 0. The lowest BCUT2D eigenvalue weighted by molar-refractivity contribution is -0.117. The third-order valence-corrected chi connectivity index (χ3v) is 6.64. The van der Waals surface area contributed by atoms with Crippen LogP contribution in [0.5, 0.6) is 0 Å². The van der Waals surface area contributed by atoms with Crippen molar-refractivity contribution < 1.29 is 9.59 Å². The number of amides is 1. The summed E-state index contributed by atoms with van der Waals surface area (Å²) in [5.74, 6) is 1.37. The van der Waals surface area contributed by atoms with Gasteiger partial charge in [-0.2, -0.15) is 0 Å². The summed E-state index contributed by atoms with van der Waals surface area (Å²) < 4.78 is 1.94. The second kappa shape index (κ2) is 8.28. The molecule has 8 heteroatoms. The highest BCUT2D eigenvalue weighted by molar-refractivity contribution is 7.99. The molecule has 1 aliphatic rings. The second-order valence-electron chi connectivity index (χ2n) is 6.62. The normalized spacial score (nSPS) is 14.0. The molecule has 1 aromatic carbocycles. The average Bonchev–Trinajstić information content (AvgIpc) is 3.44. The first-order valence-electron chi connectivity index (χ1n) is 9.09. The molecule has 0 unspecified atom stereocenters. The van der Waals surface area contributed by atoms with Gasteiger partial charge in [-0.15, -0.1) is 21.5 Å². The van der Waals surface area contributed by atoms with E-state index in [2.05, 4.69) is 16.3 Å². The number of thioether (sulfide) groups is 1. The van der Waals surface area contributed by atoms with Crippen LogP contribution in [0.25, 0.3) is 0 Å². The van der Waals surface area contributed by atoms with Crippen LogP contribution in [-0.4, -0.2) is 38.8 Å². The summed E-state index contributed by atoms with van der Waals surface area (Å²) in [6.07, 6.45) is 2.23.